The van der Waals surface area contributed by atoms with E-state index in [0.29, 0.717) is 5.56 Å². The molecular formula is C10H13BrFN. The van der Waals surface area contributed by atoms with Gasteiger partial charge in [0.1, 0.15) is 5.82 Å². The lowest BCUT2D eigenvalue weighted by atomic mass is 9.94. The Hall–Kier alpha value is -0.410. The third-order valence-electron chi connectivity index (χ3n) is 1.94. The maximum atomic E-state index is 13.4. The van der Waals surface area contributed by atoms with Gasteiger partial charge in [0.15, 0.2) is 0 Å². The minimum Gasteiger partial charge on any atom is -0.322 e. The monoisotopic (exact) mass is 245 g/mol. The third kappa shape index (κ3) is 2.29. The molecule has 1 aromatic rings. The van der Waals surface area contributed by atoms with Crippen LogP contribution in [0.15, 0.2) is 16.6 Å². The lowest BCUT2D eigenvalue weighted by Gasteiger charge is -2.20. The molecule has 0 bridgehead atoms. The summed E-state index contributed by atoms with van der Waals surface area (Å²) in [6.45, 7) is 5.50. The molecule has 0 aliphatic carbocycles. The van der Waals surface area contributed by atoms with E-state index >= 15 is 0 Å². The van der Waals surface area contributed by atoms with Crippen LogP contribution in [0.1, 0.15) is 25.0 Å². The molecule has 0 fully saturated rings. The summed E-state index contributed by atoms with van der Waals surface area (Å²) in [5.74, 6) is -0.259. The zero-order valence-electron chi connectivity index (χ0n) is 7.99. The fraction of sp³-hybridized carbons (Fsp3) is 0.400. The average Bonchev–Trinajstić information content (AvgIpc) is 1.94. The van der Waals surface area contributed by atoms with Crippen molar-refractivity contribution in [3.8, 4) is 0 Å². The summed E-state index contributed by atoms with van der Waals surface area (Å²) in [6, 6.07) is 3.23. The molecule has 0 atom stereocenters. The lowest BCUT2D eigenvalue weighted by molar-refractivity contribution is 0.500. The molecule has 0 saturated heterocycles. The molecule has 72 valence electrons. The van der Waals surface area contributed by atoms with Crippen LogP contribution >= 0.6 is 15.9 Å². The van der Waals surface area contributed by atoms with Crippen molar-refractivity contribution in [2.24, 2.45) is 5.73 Å². The predicted octanol–water partition coefficient (Wildman–Crippen LogP) is 3.09. The molecule has 0 radical (unpaired) electrons. The van der Waals surface area contributed by atoms with E-state index in [0.717, 1.165) is 10.0 Å². The van der Waals surface area contributed by atoms with E-state index < -0.39 is 5.54 Å². The largest absolute Gasteiger partial charge is 0.322 e. The summed E-state index contributed by atoms with van der Waals surface area (Å²) < 4.78 is 14.2. The second kappa shape index (κ2) is 3.39. The van der Waals surface area contributed by atoms with Gasteiger partial charge in [-0.1, -0.05) is 22.0 Å². The third-order valence-corrected chi connectivity index (χ3v) is 2.80. The summed E-state index contributed by atoms with van der Waals surface area (Å²) in [7, 11) is 0. The number of hydrogen-bond donors (Lipinski definition) is 1. The van der Waals surface area contributed by atoms with Crippen LogP contribution in [0.3, 0.4) is 0 Å². The Kier molecular flexibility index (Phi) is 2.78. The first kappa shape index (κ1) is 10.7. The first-order chi connectivity index (χ1) is 5.82. The predicted molar refractivity (Wildman–Crippen MR) is 56.1 cm³/mol. The fourth-order valence-corrected chi connectivity index (χ4v) is 1.47. The summed E-state index contributed by atoms with van der Waals surface area (Å²) in [4.78, 5) is 0. The van der Waals surface area contributed by atoms with E-state index in [4.69, 9.17) is 5.73 Å². The second-order valence-corrected chi connectivity index (χ2v) is 4.66. The molecule has 1 rings (SSSR count). The quantitative estimate of drug-likeness (QED) is 0.809. The van der Waals surface area contributed by atoms with Crippen molar-refractivity contribution < 1.29 is 4.39 Å². The Morgan fingerprint density at radius 1 is 1.38 bits per heavy atom. The van der Waals surface area contributed by atoms with E-state index in [-0.39, 0.29) is 5.82 Å². The van der Waals surface area contributed by atoms with Crippen molar-refractivity contribution in [1.82, 2.24) is 0 Å². The van der Waals surface area contributed by atoms with Crippen LogP contribution < -0.4 is 5.73 Å². The van der Waals surface area contributed by atoms with Gasteiger partial charge in [-0.05, 0) is 32.4 Å². The molecule has 0 aliphatic rings. The molecule has 0 saturated carbocycles. The highest BCUT2D eigenvalue weighted by molar-refractivity contribution is 9.10. The van der Waals surface area contributed by atoms with Crippen LogP contribution in [0.5, 0.6) is 0 Å². The van der Waals surface area contributed by atoms with Crippen molar-refractivity contribution in [2.45, 2.75) is 26.3 Å². The van der Waals surface area contributed by atoms with Gasteiger partial charge in [0, 0.05) is 15.6 Å². The van der Waals surface area contributed by atoms with E-state index in [2.05, 4.69) is 15.9 Å². The van der Waals surface area contributed by atoms with E-state index in [9.17, 15) is 4.39 Å². The summed E-state index contributed by atoms with van der Waals surface area (Å²) in [5, 5.41) is 0. The van der Waals surface area contributed by atoms with Crippen LogP contribution in [-0.4, -0.2) is 0 Å². The summed E-state index contributed by atoms with van der Waals surface area (Å²) in [5.41, 5.74) is 6.74. The van der Waals surface area contributed by atoms with E-state index in [1.807, 2.05) is 6.92 Å². The van der Waals surface area contributed by atoms with Crippen LogP contribution in [0.4, 0.5) is 4.39 Å². The first-order valence-corrected chi connectivity index (χ1v) is 4.86. The first-order valence-electron chi connectivity index (χ1n) is 4.07. The molecule has 0 heterocycles. The Bertz CT molecular complexity index is 328. The van der Waals surface area contributed by atoms with Gasteiger partial charge >= 0.3 is 0 Å². The number of benzene rings is 1. The average molecular weight is 246 g/mol. The zero-order chi connectivity index (χ0) is 10.2. The second-order valence-electron chi connectivity index (χ2n) is 3.80. The van der Waals surface area contributed by atoms with Gasteiger partial charge in [0.2, 0.25) is 0 Å². The molecule has 13 heavy (non-hydrogen) atoms. The highest BCUT2D eigenvalue weighted by atomic mass is 79.9. The molecule has 0 aromatic heterocycles. The number of nitrogens with two attached hydrogens (primary N) is 1. The maximum absolute atomic E-state index is 13.4. The fourth-order valence-electron chi connectivity index (χ4n) is 1.15. The molecular weight excluding hydrogens is 233 g/mol. The van der Waals surface area contributed by atoms with Crippen molar-refractivity contribution in [2.75, 3.05) is 0 Å². The molecule has 0 spiro atoms. The molecule has 2 N–H and O–H groups in total. The Morgan fingerprint density at radius 2 is 1.92 bits per heavy atom. The van der Waals surface area contributed by atoms with Gasteiger partial charge in [-0.3, -0.25) is 0 Å². The Morgan fingerprint density at radius 3 is 2.38 bits per heavy atom. The number of hydrogen-bond acceptors (Lipinski definition) is 1. The van der Waals surface area contributed by atoms with Gasteiger partial charge in [0.25, 0.3) is 0 Å². The van der Waals surface area contributed by atoms with Crippen molar-refractivity contribution >= 4 is 15.9 Å². The molecule has 0 aliphatic heterocycles. The van der Waals surface area contributed by atoms with Gasteiger partial charge in [-0.15, -0.1) is 0 Å². The summed E-state index contributed by atoms with van der Waals surface area (Å²) in [6.07, 6.45) is 0. The number of rotatable bonds is 1. The van der Waals surface area contributed by atoms with Crippen LogP contribution in [0, 0.1) is 12.7 Å². The number of aryl methyl sites for hydroxylation is 1. The summed E-state index contributed by atoms with van der Waals surface area (Å²) >= 11 is 3.27. The smallest absolute Gasteiger partial charge is 0.129 e. The van der Waals surface area contributed by atoms with E-state index in [1.165, 1.54) is 6.07 Å². The molecule has 0 amide bonds. The van der Waals surface area contributed by atoms with Gasteiger partial charge < -0.3 is 5.73 Å². The maximum Gasteiger partial charge on any atom is 0.129 e. The van der Waals surface area contributed by atoms with E-state index in [1.54, 1.807) is 19.9 Å². The van der Waals surface area contributed by atoms with Crippen molar-refractivity contribution in [1.29, 1.82) is 0 Å². The van der Waals surface area contributed by atoms with Gasteiger partial charge in [-0.2, -0.15) is 0 Å². The van der Waals surface area contributed by atoms with Gasteiger partial charge in [-0.25, -0.2) is 4.39 Å². The molecule has 0 unspecified atom stereocenters. The normalized spacial score (nSPS) is 11.8. The van der Waals surface area contributed by atoms with Crippen LogP contribution in [0.2, 0.25) is 0 Å². The minimum absolute atomic E-state index is 0.259. The lowest BCUT2D eigenvalue weighted by Crippen LogP contribution is -2.30. The Labute approximate surface area is 86.3 Å². The van der Waals surface area contributed by atoms with Gasteiger partial charge in [0.05, 0.1) is 0 Å². The molecule has 3 heteroatoms. The standard InChI is InChI=1S/C10H13BrFN/c1-6-4-7(10(2,3)13)9(12)5-8(6)11/h4-5H,13H2,1-3H3. The van der Waals surface area contributed by atoms with Crippen LogP contribution in [-0.2, 0) is 5.54 Å². The highest BCUT2D eigenvalue weighted by Gasteiger charge is 2.19. The Balaban J connectivity index is 3.32. The van der Waals surface area contributed by atoms with Crippen molar-refractivity contribution in [3.05, 3.63) is 33.5 Å². The topological polar surface area (TPSA) is 26.0 Å². The molecule has 1 nitrogen and oxygen atoms in total. The SMILES string of the molecule is Cc1cc(C(C)(C)N)c(F)cc1Br. The van der Waals surface area contributed by atoms with Crippen LogP contribution in [0.25, 0.3) is 0 Å². The number of halogens is 2. The van der Waals surface area contributed by atoms with Crippen molar-refractivity contribution in [3.63, 3.8) is 0 Å². The highest BCUT2D eigenvalue weighted by Crippen LogP contribution is 2.26. The zero-order valence-corrected chi connectivity index (χ0v) is 9.57. The minimum atomic E-state index is -0.629. The molecule has 1 aromatic carbocycles.